The van der Waals surface area contributed by atoms with Crippen molar-refractivity contribution < 1.29 is 27.9 Å². The minimum absolute atomic E-state index is 0.124. The van der Waals surface area contributed by atoms with Crippen LogP contribution in [0.25, 0.3) is 11.1 Å². The van der Waals surface area contributed by atoms with E-state index in [1.165, 1.54) is 17.7 Å². The summed E-state index contributed by atoms with van der Waals surface area (Å²) in [5, 5.41) is 12.4. The van der Waals surface area contributed by atoms with Crippen LogP contribution in [0.2, 0.25) is 0 Å². The van der Waals surface area contributed by atoms with E-state index in [0.29, 0.717) is 24.2 Å². The van der Waals surface area contributed by atoms with E-state index in [0.717, 1.165) is 48.1 Å². The molecule has 4 rings (SSSR count). The van der Waals surface area contributed by atoms with Crippen molar-refractivity contribution in [1.82, 2.24) is 10.2 Å². The highest BCUT2D eigenvalue weighted by Gasteiger charge is 2.30. The highest BCUT2D eigenvalue weighted by molar-refractivity contribution is 5.95. The van der Waals surface area contributed by atoms with Gasteiger partial charge in [0.15, 0.2) is 0 Å². The van der Waals surface area contributed by atoms with Crippen LogP contribution in [0.15, 0.2) is 103 Å². The van der Waals surface area contributed by atoms with Crippen molar-refractivity contribution in [2.45, 2.75) is 38.5 Å². The van der Waals surface area contributed by atoms with Gasteiger partial charge in [0.1, 0.15) is 0 Å². The van der Waals surface area contributed by atoms with Gasteiger partial charge < -0.3 is 10.4 Å². The van der Waals surface area contributed by atoms with Gasteiger partial charge in [-0.1, -0.05) is 78.9 Å². The third-order valence-electron chi connectivity index (χ3n) is 6.89. The Morgan fingerprint density at radius 1 is 0.714 bits per heavy atom. The van der Waals surface area contributed by atoms with Gasteiger partial charge in [-0.2, -0.15) is 13.2 Å². The maximum Gasteiger partial charge on any atom is 0.416 e. The van der Waals surface area contributed by atoms with Crippen molar-refractivity contribution in [3.63, 3.8) is 0 Å². The number of benzene rings is 4. The number of rotatable bonds is 13. The lowest BCUT2D eigenvalue weighted by Gasteiger charge is -2.21. The first kappa shape index (κ1) is 30.5. The van der Waals surface area contributed by atoms with E-state index in [4.69, 9.17) is 0 Å². The van der Waals surface area contributed by atoms with Crippen molar-refractivity contribution in [3.8, 4) is 11.1 Å². The predicted molar refractivity (Wildman–Crippen MR) is 157 cm³/mol. The molecule has 42 heavy (non-hydrogen) atoms. The van der Waals surface area contributed by atoms with Crippen LogP contribution in [0.3, 0.4) is 0 Å². The highest BCUT2D eigenvalue weighted by atomic mass is 19.4. The van der Waals surface area contributed by atoms with Gasteiger partial charge in [-0.3, -0.25) is 14.5 Å². The number of hydrogen-bond donors (Lipinski definition) is 2. The average molecular weight is 575 g/mol. The Labute approximate surface area is 243 Å². The Morgan fingerprint density at radius 3 is 1.98 bits per heavy atom. The number of carboxylic acids is 1. The van der Waals surface area contributed by atoms with Gasteiger partial charge in [-0.15, -0.1) is 0 Å². The van der Waals surface area contributed by atoms with Crippen LogP contribution >= 0.6 is 0 Å². The molecule has 0 aromatic heterocycles. The summed E-state index contributed by atoms with van der Waals surface area (Å²) in [6.45, 7) is 0.839. The lowest BCUT2D eigenvalue weighted by atomic mass is 10.0. The fraction of sp³-hybridized carbons (Fsp3) is 0.235. The summed E-state index contributed by atoms with van der Waals surface area (Å²) < 4.78 is 38.6. The van der Waals surface area contributed by atoms with Crippen LogP contribution in [-0.4, -0.2) is 35.0 Å². The molecule has 0 aliphatic carbocycles. The minimum atomic E-state index is -4.42. The lowest BCUT2D eigenvalue weighted by molar-refractivity contribution is -0.139. The van der Waals surface area contributed by atoms with E-state index in [1.54, 1.807) is 11.0 Å². The first-order valence-electron chi connectivity index (χ1n) is 13.8. The molecule has 0 atom stereocenters. The first-order chi connectivity index (χ1) is 20.2. The number of aryl methyl sites for hydroxylation is 1. The average Bonchev–Trinajstić information content (AvgIpc) is 2.97. The van der Waals surface area contributed by atoms with Gasteiger partial charge in [0.05, 0.1) is 12.1 Å². The zero-order valence-corrected chi connectivity index (χ0v) is 23.1. The Morgan fingerprint density at radius 2 is 1.36 bits per heavy atom. The molecule has 0 aliphatic heterocycles. The number of alkyl halides is 3. The number of unbranched alkanes of at least 4 members (excludes halogenated alkanes) is 1. The first-order valence-corrected chi connectivity index (χ1v) is 13.8. The van der Waals surface area contributed by atoms with E-state index in [2.05, 4.69) is 17.4 Å². The van der Waals surface area contributed by atoms with Crippen LogP contribution in [0.1, 0.15) is 45.5 Å². The van der Waals surface area contributed by atoms with Crippen LogP contribution < -0.4 is 5.32 Å². The molecule has 2 N–H and O–H groups in total. The summed E-state index contributed by atoms with van der Waals surface area (Å²) in [5.41, 5.74) is 4.35. The molecular weight excluding hydrogens is 541 g/mol. The smallest absolute Gasteiger partial charge is 0.416 e. The summed E-state index contributed by atoms with van der Waals surface area (Å²) >= 11 is 0. The molecular formula is C34H33F3N2O3. The van der Waals surface area contributed by atoms with Crippen LogP contribution in [0.4, 0.5) is 13.2 Å². The number of hydrogen-bond acceptors (Lipinski definition) is 3. The number of carboxylic acid groups (broad SMARTS) is 1. The molecule has 0 bridgehead atoms. The molecule has 1 amide bonds. The third-order valence-corrected chi connectivity index (χ3v) is 6.89. The van der Waals surface area contributed by atoms with Crippen molar-refractivity contribution in [2.75, 3.05) is 13.1 Å². The second kappa shape index (κ2) is 14.5. The van der Waals surface area contributed by atoms with Gasteiger partial charge in [0, 0.05) is 25.2 Å². The van der Waals surface area contributed by atoms with E-state index in [1.807, 2.05) is 60.7 Å². The van der Waals surface area contributed by atoms with Gasteiger partial charge in [0.25, 0.3) is 5.91 Å². The highest BCUT2D eigenvalue weighted by Crippen LogP contribution is 2.29. The predicted octanol–water partition coefficient (Wildman–Crippen LogP) is 7.21. The molecule has 0 heterocycles. The van der Waals surface area contributed by atoms with Crippen LogP contribution in [0, 0.1) is 0 Å². The molecule has 0 saturated heterocycles. The third kappa shape index (κ3) is 9.31. The second-order valence-corrected chi connectivity index (χ2v) is 10.2. The number of carbonyl (C=O) groups excluding carboxylic acids is 1. The van der Waals surface area contributed by atoms with E-state index >= 15 is 0 Å². The van der Waals surface area contributed by atoms with Gasteiger partial charge in [-0.05, 0) is 71.3 Å². The Hall–Kier alpha value is -4.43. The molecule has 0 fully saturated rings. The standard InChI is InChI=1S/C34H33F3N2O3/c35-34(36,37)31-18-14-27(15-19-31)23-39(24-32(40)41)22-26-12-16-28(17-13-26)29-10-6-11-30(21-29)33(42)38-20-5-4-9-25-7-2-1-3-8-25/h1-3,6-8,10-19,21H,4-5,9,20,22-24H2,(H,38,42)(H,40,41). The van der Waals surface area contributed by atoms with E-state index in [-0.39, 0.29) is 19.0 Å². The molecule has 218 valence electrons. The molecule has 0 unspecified atom stereocenters. The minimum Gasteiger partial charge on any atom is -0.480 e. The zero-order valence-electron chi connectivity index (χ0n) is 23.1. The molecule has 8 heteroatoms. The van der Waals surface area contributed by atoms with Crippen LogP contribution in [0.5, 0.6) is 0 Å². The number of nitrogens with one attached hydrogen (secondary N) is 1. The van der Waals surface area contributed by atoms with Crippen molar-refractivity contribution >= 4 is 11.9 Å². The maximum atomic E-state index is 12.9. The SMILES string of the molecule is O=C(O)CN(Cc1ccc(-c2cccc(C(=O)NCCCCc3ccccc3)c2)cc1)Cc1ccc(C(F)(F)F)cc1. The molecule has 0 radical (unpaired) electrons. The molecule has 4 aromatic carbocycles. The summed E-state index contributed by atoms with van der Waals surface area (Å²) in [6, 6.07) is 30.0. The van der Waals surface area contributed by atoms with Crippen molar-refractivity contribution in [2.24, 2.45) is 0 Å². The van der Waals surface area contributed by atoms with Crippen LogP contribution in [-0.2, 0) is 30.5 Å². The summed E-state index contributed by atoms with van der Waals surface area (Å²) in [4.78, 5) is 25.8. The number of amides is 1. The molecule has 0 saturated carbocycles. The Bertz CT molecular complexity index is 1450. The fourth-order valence-corrected chi connectivity index (χ4v) is 4.72. The molecule has 0 spiro atoms. The summed E-state index contributed by atoms with van der Waals surface area (Å²) in [5.74, 6) is -1.15. The molecule has 0 aliphatic rings. The van der Waals surface area contributed by atoms with E-state index in [9.17, 15) is 27.9 Å². The van der Waals surface area contributed by atoms with Crippen molar-refractivity contribution in [3.05, 3.63) is 131 Å². The number of carbonyl (C=O) groups is 2. The Balaban J connectivity index is 1.33. The van der Waals surface area contributed by atoms with Crippen molar-refractivity contribution in [1.29, 1.82) is 0 Å². The van der Waals surface area contributed by atoms with Gasteiger partial charge >= 0.3 is 12.1 Å². The topological polar surface area (TPSA) is 69.6 Å². The van der Waals surface area contributed by atoms with E-state index < -0.39 is 17.7 Å². The fourth-order valence-electron chi connectivity index (χ4n) is 4.72. The molecule has 4 aromatic rings. The maximum absolute atomic E-state index is 12.9. The largest absolute Gasteiger partial charge is 0.480 e. The quantitative estimate of drug-likeness (QED) is 0.166. The monoisotopic (exact) mass is 574 g/mol. The Kier molecular flexibility index (Phi) is 10.5. The summed E-state index contributed by atoms with van der Waals surface area (Å²) in [7, 11) is 0. The lowest BCUT2D eigenvalue weighted by Crippen LogP contribution is -2.29. The normalized spacial score (nSPS) is 11.4. The van der Waals surface area contributed by atoms with Gasteiger partial charge in [-0.25, -0.2) is 0 Å². The number of halogens is 3. The van der Waals surface area contributed by atoms with Gasteiger partial charge in [0.2, 0.25) is 0 Å². The molecule has 5 nitrogen and oxygen atoms in total. The second-order valence-electron chi connectivity index (χ2n) is 10.2. The number of aliphatic carboxylic acids is 1. The zero-order chi connectivity index (χ0) is 30.0. The summed E-state index contributed by atoms with van der Waals surface area (Å²) in [6.07, 6.45) is -1.57. The number of nitrogens with zero attached hydrogens (tertiary/aromatic N) is 1.